The molecule has 0 unspecified atom stereocenters. The van der Waals surface area contributed by atoms with Crippen LogP contribution in [0.1, 0.15) is 34.8 Å². The Morgan fingerprint density at radius 2 is 2.24 bits per heavy atom. The molecule has 1 aromatic rings. The zero-order valence-corrected chi connectivity index (χ0v) is 9.60. The quantitative estimate of drug-likeness (QED) is 0.478. The Kier molecular flexibility index (Phi) is 4.74. The molecule has 0 atom stereocenters. The average molecular weight is 268 g/mol. The molecule has 17 heavy (non-hydrogen) atoms. The summed E-state index contributed by atoms with van der Waals surface area (Å²) in [5.74, 6) is -2.57. The van der Waals surface area contributed by atoms with Crippen LogP contribution < -0.4 is 0 Å². The van der Waals surface area contributed by atoms with Gasteiger partial charge in [0.25, 0.3) is 6.43 Å². The monoisotopic (exact) mass is 267 g/mol. The zero-order chi connectivity index (χ0) is 13.0. The molecule has 1 heterocycles. The largest absolute Gasteiger partial charge is 0.462 e. The number of hydrogen-bond acceptors (Lipinski definition) is 3. The van der Waals surface area contributed by atoms with E-state index >= 15 is 0 Å². The predicted octanol–water partition coefficient (Wildman–Crippen LogP) is 3.07. The second kappa shape index (κ2) is 5.86. The minimum absolute atomic E-state index is 0.0229. The van der Waals surface area contributed by atoms with Crippen molar-refractivity contribution in [2.45, 2.75) is 19.2 Å². The Balaban J connectivity index is 3.35. The highest BCUT2D eigenvalue weighted by Gasteiger charge is 2.26. The Labute approximate surface area is 101 Å². The highest BCUT2D eigenvalue weighted by molar-refractivity contribution is 6.17. The molecule has 0 aliphatic rings. The molecular weight excluding hydrogens is 259 g/mol. The lowest BCUT2D eigenvalue weighted by Crippen LogP contribution is -2.13. The fraction of sp³-hybridized carbons (Fsp3) is 0.400. The average Bonchev–Trinajstić information content (AvgIpc) is 2.28. The van der Waals surface area contributed by atoms with Gasteiger partial charge in [0, 0.05) is 17.3 Å². The van der Waals surface area contributed by atoms with E-state index in [1.54, 1.807) is 0 Å². The van der Waals surface area contributed by atoms with Gasteiger partial charge in [0.05, 0.1) is 18.1 Å². The fourth-order valence-corrected chi connectivity index (χ4v) is 1.54. The summed E-state index contributed by atoms with van der Waals surface area (Å²) in [5.41, 5.74) is -1.70. The van der Waals surface area contributed by atoms with Crippen LogP contribution >= 0.6 is 11.6 Å². The van der Waals surface area contributed by atoms with Crippen LogP contribution in [0.5, 0.6) is 0 Å². The van der Waals surface area contributed by atoms with Crippen molar-refractivity contribution >= 4 is 17.6 Å². The molecule has 0 spiro atoms. The van der Waals surface area contributed by atoms with E-state index < -0.39 is 40.9 Å². The highest BCUT2D eigenvalue weighted by Crippen LogP contribution is 2.29. The van der Waals surface area contributed by atoms with E-state index in [2.05, 4.69) is 9.72 Å². The van der Waals surface area contributed by atoms with Crippen LogP contribution in [0.2, 0.25) is 0 Å². The van der Waals surface area contributed by atoms with Crippen molar-refractivity contribution < 1.29 is 22.7 Å². The first-order chi connectivity index (χ1) is 8.02. The Bertz CT molecular complexity index is 426. The van der Waals surface area contributed by atoms with Gasteiger partial charge in [-0.05, 0) is 6.92 Å². The van der Waals surface area contributed by atoms with Crippen molar-refractivity contribution in [2.75, 3.05) is 6.61 Å². The lowest BCUT2D eigenvalue weighted by atomic mass is 10.1. The smallest absolute Gasteiger partial charge is 0.340 e. The summed E-state index contributed by atoms with van der Waals surface area (Å²) < 4.78 is 43.3. The van der Waals surface area contributed by atoms with Gasteiger partial charge in [-0.2, -0.15) is 4.39 Å². The number of aromatic nitrogens is 1. The van der Waals surface area contributed by atoms with Crippen LogP contribution in [0.25, 0.3) is 0 Å². The molecule has 0 aliphatic heterocycles. The number of nitrogens with zero attached hydrogens (tertiary/aromatic N) is 1. The summed E-state index contributed by atoms with van der Waals surface area (Å²) >= 11 is 5.37. The normalized spacial score (nSPS) is 10.7. The second-order valence-corrected chi connectivity index (χ2v) is 3.28. The molecule has 0 N–H and O–H groups in total. The zero-order valence-electron chi connectivity index (χ0n) is 8.84. The van der Waals surface area contributed by atoms with E-state index in [0.29, 0.717) is 0 Å². The molecule has 0 amide bonds. The molecule has 1 rings (SSSR count). The first-order valence-electron chi connectivity index (χ1n) is 4.71. The predicted molar refractivity (Wildman–Crippen MR) is 54.7 cm³/mol. The van der Waals surface area contributed by atoms with Gasteiger partial charge in [0.1, 0.15) is 0 Å². The minimum Gasteiger partial charge on any atom is -0.462 e. The Morgan fingerprint density at radius 1 is 1.59 bits per heavy atom. The van der Waals surface area contributed by atoms with Crippen molar-refractivity contribution in [2.24, 2.45) is 0 Å². The standard InChI is InChI=1S/C10H9ClF3NO2/c1-2-17-10(16)6-4-15-9(14)5(3-11)7(6)8(12)13/h4,8H,2-3H2,1H3. The fourth-order valence-electron chi connectivity index (χ4n) is 1.29. The molecule has 0 saturated heterocycles. The van der Waals surface area contributed by atoms with Gasteiger partial charge in [-0.15, -0.1) is 11.6 Å². The van der Waals surface area contributed by atoms with Crippen molar-refractivity contribution in [3.8, 4) is 0 Å². The molecule has 1 aromatic heterocycles. The topological polar surface area (TPSA) is 39.2 Å². The number of halogens is 4. The molecule has 94 valence electrons. The molecule has 0 aliphatic carbocycles. The van der Waals surface area contributed by atoms with Gasteiger partial charge in [0.2, 0.25) is 5.95 Å². The highest BCUT2D eigenvalue weighted by atomic mass is 35.5. The molecule has 0 saturated carbocycles. The van der Waals surface area contributed by atoms with Gasteiger partial charge in [-0.25, -0.2) is 18.6 Å². The van der Waals surface area contributed by atoms with E-state index in [0.717, 1.165) is 6.20 Å². The first kappa shape index (κ1) is 13.8. The molecular formula is C10H9ClF3NO2. The molecule has 0 aromatic carbocycles. The third-order valence-electron chi connectivity index (χ3n) is 2.02. The molecule has 7 heteroatoms. The maximum absolute atomic E-state index is 13.2. The number of ether oxygens (including phenoxy) is 1. The van der Waals surface area contributed by atoms with E-state index in [1.807, 2.05) is 0 Å². The second-order valence-electron chi connectivity index (χ2n) is 3.01. The minimum atomic E-state index is -3.03. The van der Waals surface area contributed by atoms with Crippen molar-refractivity contribution in [3.63, 3.8) is 0 Å². The Morgan fingerprint density at radius 3 is 2.71 bits per heavy atom. The maximum Gasteiger partial charge on any atom is 0.340 e. The molecule has 0 bridgehead atoms. The number of carbonyl (C=O) groups is 1. The van der Waals surface area contributed by atoms with Gasteiger partial charge >= 0.3 is 5.97 Å². The summed E-state index contributed by atoms with van der Waals surface area (Å²) in [7, 11) is 0. The van der Waals surface area contributed by atoms with E-state index in [-0.39, 0.29) is 6.61 Å². The summed E-state index contributed by atoms with van der Waals surface area (Å²) in [4.78, 5) is 14.6. The van der Waals surface area contributed by atoms with Crippen LogP contribution in [0.3, 0.4) is 0 Å². The van der Waals surface area contributed by atoms with Crippen molar-refractivity contribution in [3.05, 3.63) is 28.8 Å². The molecule has 3 nitrogen and oxygen atoms in total. The van der Waals surface area contributed by atoms with Gasteiger partial charge in [-0.3, -0.25) is 0 Å². The van der Waals surface area contributed by atoms with Crippen LogP contribution in [0.15, 0.2) is 6.20 Å². The first-order valence-corrected chi connectivity index (χ1v) is 5.24. The number of carbonyl (C=O) groups excluding carboxylic acids is 1. The van der Waals surface area contributed by atoms with Crippen LogP contribution in [0.4, 0.5) is 13.2 Å². The Hall–Kier alpha value is -1.30. The summed E-state index contributed by atoms with van der Waals surface area (Å²) in [6.07, 6.45) is -2.30. The van der Waals surface area contributed by atoms with Crippen LogP contribution in [0, 0.1) is 5.95 Å². The van der Waals surface area contributed by atoms with E-state index in [9.17, 15) is 18.0 Å². The van der Waals surface area contributed by atoms with E-state index in [4.69, 9.17) is 11.6 Å². The summed E-state index contributed by atoms with van der Waals surface area (Å²) in [6, 6.07) is 0. The van der Waals surface area contributed by atoms with Crippen molar-refractivity contribution in [1.82, 2.24) is 4.98 Å². The number of rotatable bonds is 4. The number of pyridine rings is 1. The summed E-state index contributed by atoms with van der Waals surface area (Å²) in [5, 5.41) is 0. The van der Waals surface area contributed by atoms with Crippen LogP contribution in [-0.4, -0.2) is 17.6 Å². The third kappa shape index (κ3) is 2.88. The lowest BCUT2D eigenvalue weighted by molar-refractivity contribution is 0.0514. The van der Waals surface area contributed by atoms with Gasteiger partial charge < -0.3 is 4.74 Å². The van der Waals surface area contributed by atoms with E-state index in [1.165, 1.54) is 6.92 Å². The maximum atomic E-state index is 13.2. The number of esters is 1. The SMILES string of the molecule is CCOC(=O)c1cnc(F)c(CCl)c1C(F)F. The third-order valence-corrected chi connectivity index (χ3v) is 2.29. The molecule has 0 radical (unpaired) electrons. The van der Waals surface area contributed by atoms with Crippen LogP contribution in [-0.2, 0) is 10.6 Å². The lowest BCUT2D eigenvalue weighted by Gasteiger charge is -2.11. The number of hydrogen-bond donors (Lipinski definition) is 0. The van der Waals surface area contributed by atoms with Gasteiger partial charge in [0.15, 0.2) is 0 Å². The van der Waals surface area contributed by atoms with Gasteiger partial charge in [-0.1, -0.05) is 0 Å². The number of alkyl halides is 3. The molecule has 0 fully saturated rings. The van der Waals surface area contributed by atoms with Crippen molar-refractivity contribution in [1.29, 1.82) is 0 Å². The summed E-state index contributed by atoms with van der Waals surface area (Å²) in [6.45, 7) is 1.55.